The van der Waals surface area contributed by atoms with E-state index in [1.165, 1.54) is 11.1 Å². The van der Waals surface area contributed by atoms with Gasteiger partial charge in [-0.1, -0.05) is 30.3 Å². The topological polar surface area (TPSA) is 70.4 Å². The molecule has 3 rings (SSSR count). The van der Waals surface area contributed by atoms with Gasteiger partial charge < -0.3 is 15.2 Å². The molecular formula is C22H34IN7. The Morgan fingerprint density at radius 2 is 1.97 bits per heavy atom. The molecule has 0 unspecified atom stereocenters. The zero-order valence-corrected chi connectivity index (χ0v) is 20.6. The highest BCUT2D eigenvalue weighted by molar-refractivity contribution is 14.0. The van der Waals surface area contributed by atoms with Crippen LogP contribution in [0, 0.1) is 13.8 Å². The molecule has 1 fully saturated rings. The second-order valence-electron chi connectivity index (χ2n) is 7.68. The molecule has 0 aliphatic carbocycles. The monoisotopic (exact) mass is 523 g/mol. The van der Waals surface area contributed by atoms with Crippen LogP contribution in [0.5, 0.6) is 0 Å². The molecule has 0 saturated carbocycles. The second-order valence-corrected chi connectivity index (χ2v) is 7.68. The van der Waals surface area contributed by atoms with Gasteiger partial charge in [0.1, 0.15) is 12.4 Å². The summed E-state index contributed by atoms with van der Waals surface area (Å²) >= 11 is 0. The lowest BCUT2D eigenvalue weighted by molar-refractivity contribution is 0.198. The first kappa shape index (κ1) is 24.3. The number of piperidine rings is 1. The standard InChI is InChI=1S/C22H33N7.HI/c1-5-12-23-22(24-15-21-27-26-18(3)28(21)4)25-20-10-13-29(14-11-20)16-19-9-7-6-8-17(19)2;/h5-9,20H,1,10-16H2,2-4H3,(H2,23,24,25);1H. The SMILES string of the molecule is C=CCNC(=NCc1nnc(C)n1C)NC1CCN(Cc2ccccc2C)CC1.I. The number of hydrogen-bond donors (Lipinski definition) is 2. The Balaban J connectivity index is 0.00000320. The molecule has 1 aromatic carbocycles. The molecule has 8 heteroatoms. The predicted octanol–water partition coefficient (Wildman–Crippen LogP) is 2.94. The first-order valence-corrected chi connectivity index (χ1v) is 10.3. The maximum Gasteiger partial charge on any atom is 0.192 e. The molecule has 2 aromatic rings. The fourth-order valence-corrected chi connectivity index (χ4v) is 3.52. The van der Waals surface area contributed by atoms with Crippen LogP contribution < -0.4 is 10.6 Å². The van der Waals surface area contributed by atoms with Gasteiger partial charge in [0.05, 0.1) is 0 Å². The summed E-state index contributed by atoms with van der Waals surface area (Å²) < 4.78 is 1.97. The minimum absolute atomic E-state index is 0. The fraction of sp³-hybridized carbons (Fsp3) is 0.500. The Labute approximate surface area is 197 Å². The van der Waals surface area contributed by atoms with E-state index >= 15 is 0 Å². The van der Waals surface area contributed by atoms with E-state index in [0.29, 0.717) is 19.1 Å². The van der Waals surface area contributed by atoms with Gasteiger partial charge >= 0.3 is 0 Å². The lowest BCUT2D eigenvalue weighted by Crippen LogP contribution is -2.48. The number of guanidine groups is 1. The summed E-state index contributed by atoms with van der Waals surface area (Å²) in [6, 6.07) is 9.08. The molecule has 0 bridgehead atoms. The van der Waals surface area contributed by atoms with E-state index in [4.69, 9.17) is 4.99 Å². The van der Waals surface area contributed by atoms with Crippen molar-refractivity contribution in [2.45, 2.75) is 45.8 Å². The maximum absolute atomic E-state index is 4.71. The van der Waals surface area contributed by atoms with Gasteiger partial charge in [0, 0.05) is 39.3 Å². The third kappa shape index (κ3) is 6.80. The summed E-state index contributed by atoms with van der Waals surface area (Å²) in [7, 11) is 1.97. The molecule has 2 heterocycles. The Hall–Kier alpha value is -1.94. The van der Waals surface area contributed by atoms with Gasteiger partial charge in [-0.05, 0) is 37.8 Å². The molecule has 1 aliphatic rings. The summed E-state index contributed by atoms with van der Waals surface area (Å²) in [6.07, 6.45) is 4.04. The molecule has 2 N–H and O–H groups in total. The minimum Gasteiger partial charge on any atom is -0.354 e. The highest BCUT2D eigenvalue weighted by Gasteiger charge is 2.20. The van der Waals surface area contributed by atoms with Gasteiger partial charge in [0.15, 0.2) is 11.8 Å². The van der Waals surface area contributed by atoms with E-state index in [1.807, 2.05) is 24.6 Å². The maximum atomic E-state index is 4.71. The first-order valence-electron chi connectivity index (χ1n) is 10.3. The normalized spacial score (nSPS) is 15.5. The average molecular weight is 523 g/mol. The van der Waals surface area contributed by atoms with Crippen molar-refractivity contribution >= 4 is 29.9 Å². The Morgan fingerprint density at radius 3 is 2.60 bits per heavy atom. The molecule has 30 heavy (non-hydrogen) atoms. The number of halogens is 1. The summed E-state index contributed by atoms with van der Waals surface area (Å²) in [5, 5.41) is 15.2. The van der Waals surface area contributed by atoms with Crippen LogP contribution in [0.2, 0.25) is 0 Å². The van der Waals surface area contributed by atoms with Crippen LogP contribution >= 0.6 is 24.0 Å². The number of rotatable bonds is 7. The number of aromatic nitrogens is 3. The van der Waals surface area contributed by atoms with Crippen LogP contribution in [-0.2, 0) is 20.1 Å². The molecule has 1 aliphatic heterocycles. The third-order valence-electron chi connectivity index (χ3n) is 5.56. The number of benzene rings is 1. The Kier molecular flexibility index (Phi) is 9.77. The van der Waals surface area contributed by atoms with Crippen LogP contribution in [0.3, 0.4) is 0 Å². The molecule has 164 valence electrons. The van der Waals surface area contributed by atoms with E-state index in [9.17, 15) is 0 Å². The van der Waals surface area contributed by atoms with Crippen molar-refractivity contribution in [2.24, 2.45) is 12.0 Å². The van der Waals surface area contributed by atoms with Gasteiger partial charge in [0.2, 0.25) is 0 Å². The van der Waals surface area contributed by atoms with Gasteiger partial charge in [-0.3, -0.25) is 4.90 Å². The quantitative estimate of drug-likeness (QED) is 0.253. The molecule has 0 spiro atoms. The van der Waals surface area contributed by atoms with E-state index in [1.54, 1.807) is 0 Å². The molecular weight excluding hydrogens is 489 g/mol. The molecule has 1 saturated heterocycles. The largest absolute Gasteiger partial charge is 0.354 e. The molecule has 1 aromatic heterocycles. The molecule has 0 amide bonds. The van der Waals surface area contributed by atoms with Gasteiger partial charge in [-0.2, -0.15) is 0 Å². The highest BCUT2D eigenvalue weighted by Crippen LogP contribution is 2.16. The summed E-state index contributed by atoms with van der Waals surface area (Å²) in [5.74, 6) is 2.56. The third-order valence-corrected chi connectivity index (χ3v) is 5.56. The van der Waals surface area contributed by atoms with Crippen LogP contribution in [0.4, 0.5) is 0 Å². The Bertz CT molecular complexity index is 838. The zero-order valence-electron chi connectivity index (χ0n) is 18.3. The number of nitrogens with zero attached hydrogens (tertiary/aromatic N) is 5. The lowest BCUT2D eigenvalue weighted by Gasteiger charge is -2.33. The zero-order chi connectivity index (χ0) is 20.6. The molecule has 0 atom stereocenters. The van der Waals surface area contributed by atoms with Crippen molar-refractivity contribution in [1.29, 1.82) is 0 Å². The lowest BCUT2D eigenvalue weighted by atomic mass is 10.0. The van der Waals surface area contributed by atoms with E-state index in [2.05, 4.69) is 63.5 Å². The van der Waals surface area contributed by atoms with Crippen molar-refractivity contribution in [3.63, 3.8) is 0 Å². The first-order chi connectivity index (χ1) is 14.1. The van der Waals surface area contributed by atoms with E-state index in [-0.39, 0.29) is 24.0 Å². The number of hydrogen-bond acceptors (Lipinski definition) is 4. The van der Waals surface area contributed by atoms with Crippen molar-refractivity contribution in [1.82, 2.24) is 30.3 Å². The second kappa shape index (κ2) is 12.0. The summed E-state index contributed by atoms with van der Waals surface area (Å²) in [5.41, 5.74) is 2.79. The fourth-order valence-electron chi connectivity index (χ4n) is 3.52. The summed E-state index contributed by atoms with van der Waals surface area (Å²) in [6.45, 7) is 12.3. The van der Waals surface area contributed by atoms with Crippen LogP contribution in [0.15, 0.2) is 41.9 Å². The van der Waals surface area contributed by atoms with Crippen molar-refractivity contribution in [3.8, 4) is 0 Å². The van der Waals surface area contributed by atoms with Gasteiger partial charge in [-0.25, -0.2) is 4.99 Å². The van der Waals surface area contributed by atoms with Gasteiger partial charge in [-0.15, -0.1) is 40.8 Å². The minimum atomic E-state index is 0. The van der Waals surface area contributed by atoms with Crippen molar-refractivity contribution in [2.75, 3.05) is 19.6 Å². The van der Waals surface area contributed by atoms with Crippen LogP contribution in [-0.4, -0.2) is 51.3 Å². The van der Waals surface area contributed by atoms with Crippen molar-refractivity contribution < 1.29 is 0 Å². The number of likely N-dealkylation sites (tertiary alicyclic amines) is 1. The number of aryl methyl sites for hydroxylation is 2. The predicted molar refractivity (Wildman–Crippen MR) is 133 cm³/mol. The van der Waals surface area contributed by atoms with E-state index in [0.717, 1.165) is 50.1 Å². The van der Waals surface area contributed by atoms with Crippen molar-refractivity contribution in [3.05, 3.63) is 59.7 Å². The smallest absolute Gasteiger partial charge is 0.192 e. The van der Waals surface area contributed by atoms with Crippen LogP contribution in [0.25, 0.3) is 0 Å². The summed E-state index contributed by atoms with van der Waals surface area (Å²) in [4.78, 5) is 7.25. The molecule has 0 radical (unpaired) electrons. The highest BCUT2D eigenvalue weighted by atomic mass is 127. The van der Waals surface area contributed by atoms with Crippen LogP contribution in [0.1, 0.15) is 35.6 Å². The molecule has 7 nitrogen and oxygen atoms in total. The average Bonchev–Trinajstić information content (AvgIpc) is 3.05. The number of aliphatic imine (C=N–C) groups is 1. The Morgan fingerprint density at radius 1 is 1.23 bits per heavy atom. The number of nitrogens with one attached hydrogen (secondary N) is 2. The van der Waals surface area contributed by atoms with E-state index < -0.39 is 0 Å². The van der Waals surface area contributed by atoms with Gasteiger partial charge in [0.25, 0.3) is 0 Å².